The van der Waals surface area contributed by atoms with Crippen LogP contribution in [-0.2, 0) is 11.8 Å². The lowest BCUT2D eigenvalue weighted by Gasteiger charge is -2.30. The fourth-order valence-corrected chi connectivity index (χ4v) is 4.12. The summed E-state index contributed by atoms with van der Waals surface area (Å²) < 4.78 is 0. The zero-order chi connectivity index (χ0) is 15.6. The van der Waals surface area contributed by atoms with E-state index in [0.29, 0.717) is 0 Å². The predicted molar refractivity (Wildman–Crippen MR) is 89.4 cm³/mol. The van der Waals surface area contributed by atoms with Gasteiger partial charge in [-0.05, 0) is 25.3 Å². The van der Waals surface area contributed by atoms with E-state index in [2.05, 4.69) is 32.6 Å². The molecular formula is C17H28N2OS. The highest BCUT2D eigenvalue weighted by Gasteiger charge is 2.25. The summed E-state index contributed by atoms with van der Waals surface area (Å²) in [6.45, 7) is 13.9. The number of ketones is 1. The molecule has 1 unspecified atom stereocenters. The first-order valence-electron chi connectivity index (χ1n) is 8.01. The molecule has 1 aromatic rings. The van der Waals surface area contributed by atoms with Gasteiger partial charge in [0.15, 0.2) is 5.78 Å². The van der Waals surface area contributed by atoms with E-state index in [1.165, 1.54) is 25.9 Å². The second kappa shape index (κ2) is 6.57. The summed E-state index contributed by atoms with van der Waals surface area (Å²) in [5.74, 6) is 0.961. The number of aromatic nitrogens is 1. The van der Waals surface area contributed by atoms with Crippen molar-refractivity contribution in [1.29, 1.82) is 0 Å². The third-order valence-electron chi connectivity index (χ3n) is 4.08. The van der Waals surface area contributed by atoms with E-state index in [-0.39, 0.29) is 11.2 Å². The number of thiazole rings is 1. The molecule has 1 aliphatic heterocycles. The number of nitrogens with zero attached hydrogens (tertiary/aromatic N) is 2. The molecule has 0 saturated carbocycles. The standard InChI is InChI=1S/C17H28N2OS/c1-12-7-6-9-19(11-12)10-8-14-18-16(17(3,4)5)15(21-14)13(2)20/h12H,6-11H2,1-5H3. The van der Waals surface area contributed by atoms with Gasteiger partial charge in [-0.25, -0.2) is 4.98 Å². The summed E-state index contributed by atoms with van der Waals surface area (Å²) in [5, 5.41) is 1.11. The smallest absolute Gasteiger partial charge is 0.171 e. The molecule has 1 aliphatic rings. The summed E-state index contributed by atoms with van der Waals surface area (Å²) in [5.41, 5.74) is 0.914. The molecule has 0 spiro atoms. The molecule has 3 nitrogen and oxygen atoms in total. The van der Waals surface area contributed by atoms with Crippen molar-refractivity contribution < 1.29 is 4.79 Å². The van der Waals surface area contributed by atoms with Crippen LogP contribution in [0.5, 0.6) is 0 Å². The second-order valence-corrected chi connectivity index (χ2v) is 8.47. The van der Waals surface area contributed by atoms with Crippen LogP contribution in [0.1, 0.15) is 67.8 Å². The van der Waals surface area contributed by atoms with Gasteiger partial charge in [0.2, 0.25) is 0 Å². The van der Waals surface area contributed by atoms with E-state index in [1.807, 2.05) is 0 Å². The molecule has 1 fully saturated rings. The number of likely N-dealkylation sites (tertiary alicyclic amines) is 1. The number of hydrogen-bond acceptors (Lipinski definition) is 4. The van der Waals surface area contributed by atoms with Gasteiger partial charge < -0.3 is 4.90 Å². The van der Waals surface area contributed by atoms with Crippen molar-refractivity contribution in [2.45, 2.75) is 59.3 Å². The fourth-order valence-electron chi connectivity index (χ4n) is 2.96. The van der Waals surface area contributed by atoms with Crippen molar-refractivity contribution in [3.8, 4) is 0 Å². The Morgan fingerprint density at radius 2 is 2.14 bits per heavy atom. The SMILES string of the molecule is CC(=O)c1sc(CCN2CCCC(C)C2)nc1C(C)(C)C. The lowest BCUT2D eigenvalue weighted by molar-refractivity contribution is 0.101. The number of piperidine rings is 1. The molecular weight excluding hydrogens is 280 g/mol. The number of rotatable bonds is 4. The van der Waals surface area contributed by atoms with Crippen LogP contribution in [0.2, 0.25) is 0 Å². The molecule has 0 aliphatic carbocycles. The Kier molecular flexibility index (Phi) is 5.20. The van der Waals surface area contributed by atoms with Crippen LogP contribution < -0.4 is 0 Å². The Hall–Kier alpha value is -0.740. The highest BCUT2D eigenvalue weighted by atomic mass is 32.1. The van der Waals surface area contributed by atoms with Gasteiger partial charge in [-0.1, -0.05) is 27.7 Å². The van der Waals surface area contributed by atoms with Gasteiger partial charge in [0.1, 0.15) is 0 Å². The van der Waals surface area contributed by atoms with Crippen LogP contribution >= 0.6 is 11.3 Å². The van der Waals surface area contributed by atoms with Gasteiger partial charge in [0.25, 0.3) is 0 Å². The minimum absolute atomic E-state index is 0.0601. The monoisotopic (exact) mass is 308 g/mol. The zero-order valence-corrected chi connectivity index (χ0v) is 14.8. The zero-order valence-electron chi connectivity index (χ0n) is 14.0. The van der Waals surface area contributed by atoms with Crippen LogP contribution in [0.4, 0.5) is 0 Å². The van der Waals surface area contributed by atoms with E-state index in [4.69, 9.17) is 4.98 Å². The van der Waals surface area contributed by atoms with Crippen molar-refractivity contribution >= 4 is 17.1 Å². The summed E-state index contributed by atoms with van der Waals surface area (Å²) >= 11 is 1.60. The number of carbonyl (C=O) groups is 1. The van der Waals surface area contributed by atoms with Crippen LogP contribution in [0.15, 0.2) is 0 Å². The van der Waals surface area contributed by atoms with E-state index in [0.717, 1.165) is 34.5 Å². The molecule has 2 heterocycles. The average Bonchev–Trinajstić information content (AvgIpc) is 2.81. The first-order valence-corrected chi connectivity index (χ1v) is 8.82. The molecule has 118 valence electrons. The molecule has 0 bridgehead atoms. The van der Waals surface area contributed by atoms with Crippen LogP contribution in [0.25, 0.3) is 0 Å². The van der Waals surface area contributed by atoms with Gasteiger partial charge in [-0.2, -0.15) is 0 Å². The molecule has 1 aromatic heterocycles. The molecule has 21 heavy (non-hydrogen) atoms. The quantitative estimate of drug-likeness (QED) is 0.791. The lowest BCUT2D eigenvalue weighted by Crippen LogP contribution is -2.35. The van der Waals surface area contributed by atoms with Gasteiger partial charge in [0.05, 0.1) is 15.6 Å². The first-order chi connectivity index (χ1) is 9.77. The summed E-state index contributed by atoms with van der Waals surface area (Å²) in [4.78, 5) is 20.0. The third kappa shape index (κ3) is 4.36. The highest BCUT2D eigenvalue weighted by Crippen LogP contribution is 2.30. The van der Waals surface area contributed by atoms with Crippen molar-refractivity contribution in [3.63, 3.8) is 0 Å². The normalized spacial score (nSPS) is 20.7. The molecule has 0 aromatic carbocycles. The fraction of sp³-hybridized carbons (Fsp3) is 0.765. The summed E-state index contributed by atoms with van der Waals surface area (Å²) in [6.07, 6.45) is 3.63. The maximum atomic E-state index is 11.8. The highest BCUT2D eigenvalue weighted by molar-refractivity contribution is 7.13. The average molecular weight is 308 g/mol. The van der Waals surface area contributed by atoms with E-state index in [1.54, 1.807) is 18.3 Å². The Labute approximate surface area is 132 Å². The van der Waals surface area contributed by atoms with Gasteiger partial charge in [-0.3, -0.25) is 4.79 Å². The lowest BCUT2D eigenvalue weighted by atomic mass is 9.91. The van der Waals surface area contributed by atoms with E-state index >= 15 is 0 Å². The Morgan fingerprint density at radius 1 is 1.43 bits per heavy atom. The molecule has 0 radical (unpaired) electrons. The number of hydrogen-bond donors (Lipinski definition) is 0. The van der Waals surface area contributed by atoms with E-state index in [9.17, 15) is 4.79 Å². The minimum Gasteiger partial charge on any atom is -0.303 e. The van der Waals surface area contributed by atoms with Crippen molar-refractivity contribution in [2.75, 3.05) is 19.6 Å². The van der Waals surface area contributed by atoms with Gasteiger partial charge in [-0.15, -0.1) is 11.3 Å². The maximum absolute atomic E-state index is 11.8. The first kappa shape index (κ1) is 16.6. The van der Waals surface area contributed by atoms with Crippen molar-refractivity contribution in [1.82, 2.24) is 9.88 Å². The molecule has 4 heteroatoms. The molecule has 1 saturated heterocycles. The second-order valence-electron chi connectivity index (χ2n) is 7.39. The Bertz CT molecular complexity index is 501. The van der Waals surface area contributed by atoms with Crippen molar-refractivity contribution in [3.05, 3.63) is 15.6 Å². The minimum atomic E-state index is -0.0601. The van der Waals surface area contributed by atoms with Crippen LogP contribution in [0, 0.1) is 5.92 Å². The number of carbonyl (C=O) groups excluding carboxylic acids is 1. The predicted octanol–water partition coefficient (Wildman–Crippen LogP) is 3.92. The van der Waals surface area contributed by atoms with Crippen LogP contribution in [-0.4, -0.2) is 35.3 Å². The number of Topliss-reactive ketones (excluding diaryl/α,β-unsaturated/α-hetero) is 1. The summed E-state index contributed by atoms with van der Waals surface area (Å²) in [6, 6.07) is 0. The molecule has 1 atom stereocenters. The van der Waals surface area contributed by atoms with Gasteiger partial charge in [0, 0.05) is 31.8 Å². The largest absolute Gasteiger partial charge is 0.303 e. The van der Waals surface area contributed by atoms with Crippen molar-refractivity contribution in [2.24, 2.45) is 5.92 Å². The topological polar surface area (TPSA) is 33.2 Å². The third-order valence-corrected chi connectivity index (χ3v) is 5.30. The maximum Gasteiger partial charge on any atom is 0.171 e. The molecule has 2 rings (SSSR count). The molecule has 0 N–H and O–H groups in total. The van der Waals surface area contributed by atoms with Gasteiger partial charge >= 0.3 is 0 Å². The Morgan fingerprint density at radius 3 is 2.67 bits per heavy atom. The summed E-state index contributed by atoms with van der Waals surface area (Å²) in [7, 11) is 0. The van der Waals surface area contributed by atoms with Crippen LogP contribution in [0.3, 0.4) is 0 Å². The van der Waals surface area contributed by atoms with E-state index < -0.39 is 0 Å². The molecule has 0 amide bonds. The Balaban J connectivity index is 2.05.